The van der Waals surface area contributed by atoms with Gasteiger partial charge in [-0.05, 0) is 50.1 Å². The van der Waals surface area contributed by atoms with Crippen LogP contribution in [0.25, 0.3) is 0 Å². The minimum atomic E-state index is -0.385. The van der Waals surface area contributed by atoms with E-state index in [1.54, 1.807) is 29.3 Å². The molecular formula is C19H20N6O. The van der Waals surface area contributed by atoms with Gasteiger partial charge in [-0.2, -0.15) is 5.10 Å². The Hall–Kier alpha value is -3.22. The fraction of sp³-hybridized carbons (Fsp3) is 0.263. The van der Waals surface area contributed by atoms with Gasteiger partial charge >= 0.3 is 0 Å². The number of hydrogen-bond donors (Lipinski definition) is 2. The number of benzene rings is 1. The lowest BCUT2D eigenvalue weighted by Gasteiger charge is -2.14. The molecule has 1 aromatic carbocycles. The maximum Gasteiger partial charge on any atom is 0.248 e. The summed E-state index contributed by atoms with van der Waals surface area (Å²) in [7, 11) is 0. The van der Waals surface area contributed by atoms with Crippen LogP contribution in [0.5, 0.6) is 0 Å². The van der Waals surface area contributed by atoms with Crippen LogP contribution >= 0.6 is 0 Å². The Morgan fingerprint density at radius 2 is 2.04 bits per heavy atom. The second kappa shape index (κ2) is 6.95. The number of carbonyl (C=O) groups excluding carboxylic acids is 1. The number of carbonyl (C=O) groups is 1. The first-order chi connectivity index (χ1) is 12.7. The number of amides is 1. The zero-order valence-corrected chi connectivity index (χ0v) is 14.5. The predicted molar refractivity (Wildman–Crippen MR) is 99.3 cm³/mol. The zero-order chi connectivity index (χ0) is 17.9. The molecule has 26 heavy (non-hydrogen) atoms. The SMILES string of the molecule is C[C@@H](C(=O)Nc1cccc(Nc2ccnc(C3CC3)n2)c1)n1cccn1. The normalized spacial score (nSPS) is 14.7. The third kappa shape index (κ3) is 3.72. The van der Waals surface area contributed by atoms with Crippen LogP contribution in [-0.4, -0.2) is 25.7 Å². The van der Waals surface area contributed by atoms with Crippen molar-refractivity contribution in [1.82, 2.24) is 19.7 Å². The van der Waals surface area contributed by atoms with Gasteiger partial charge in [0.2, 0.25) is 5.91 Å². The van der Waals surface area contributed by atoms with Crippen LogP contribution < -0.4 is 10.6 Å². The van der Waals surface area contributed by atoms with Gasteiger partial charge in [-0.25, -0.2) is 9.97 Å². The van der Waals surface area contributed by atoms with Gasteiger partial charge in [0.25, 0.3) is 0 Å². The Morgan fingerprint density at radius 3 is 2.81 bits per heavy atom. The molecule has 0 bridgehead atoms. The monoisotopic (exact) mass is 348 g/mol. The molecule has 2 N–H and O–H groups in total. The molecule has 132 valence electrons. The highest BCUT2D eigenvalue weighted by Crippen LogP contribution is 2.38. The summed E-state index contributed by atoms with van der Waals surface area (Å²) in [6.07, 6.45) is 7.54. The largest absolute Gasteiger partial charge is 0.340 e. The van der Waals surface area contributed by atoms with Gasteiger partial charge in [-0.3, -0.25) is 9.48 Å². The molecule has 4 rings (SSSR count). The molecule has 0 aliphatic heterocycles. The van der Waals surface area contributed by atoms with Crippen molar-refractivity contribution in [3.05, 3.63) is 60.8 Å². The first-order valence-electron chi connectivity index (χ1n) is 8.69. The van der Waals surface area contributed by atoms with E-state index in [4.69, 9.17) is 0 Å². The van der Waals surface area contributed by atoms with Crippen molar-refractivity contribution in [2.24, 2.45) is 0 Å². The number of nitrogens with zero attached hydrogens (tertiary/aromatic N) is 4. The van der Waals surface area contributed by atoms with E-state index in [9.17, 15) is 4.79 Å². The highest BCUT2D eigenvalue weighted by molar-refractivity contribution is 5.93. The number of nitrogens with one attached hydrogen (secondary N) is 2. The molecule has 0 unspecified atom stereocenters. The molecule has 7 nitrogen and oxygen atoms in total. The van der Waals surface area contributed by atoms with Crippen LogP contribution in [-0.2, 0) is 4.79 Å². The number of anilines is 3. The van der Waals surface area contributed by atoms with Crippen LogP contribution in [0.1, 0.15) is 37.5 Å². The van der Waals surface area contributed by atoms with Gasteiger partial charge in [0.15, 0.2) is 0 Å². The molecule has 1 aliphatic carbocycles. The highest BCUT2D eigenvalue weighted by atomic mass is 16.2. The molecule has 1 saturated carbocycles. The lowest BCUT2D eigenvalue weighted by Crippen LogP contribution is -2.23. The minimum absolute atomic E-state index is 0.121. The van der Waals surface area contributed by atoms with E-state index in [-0.39, 0.29) is 11.9 Å². The van der Waals surface area contributed by atoms with Gasteiger partial charge < -0.3 is 10.6 Å². The van der Waals surface area contributed by atoms with Gasteiger partial charge in [-0.1, -0.05) is 6.07 Å². The fourth-order valence-electron chi connectivity index (χ4n) is 2.68. The van der Waals surface area contributed by atoms with Crippen LogP contribution in [0.2, 0.25) is 0 Å². The van der Waals surface area contributed by atoms with E-state index in [2.05, 4.69) is 25.7 Å². The topological polar surface area (TPSA) is 84.7 Å². The van der Waals surface area contributed by atoms with Crippen molar-refractivity contribution in [2.45, 2.75) is 31.7 Å². The molecule has 0 saturated heterocycles. The Kier molecular flexibility index (Phi) is 4.35. The Morgan fingerprint density at radius 1 is 1.19 bits per heavy atom. The van der Waals surface area contributed by atoms with Crippen molar-refractivity contribution >= 4 is 23.1 Å². The van der Waals surface area contributed by atoms with Crippen molar-refractivity contribution < 1.29 is 4.79 Å². The molecule has 2 heterocycles. The zero-order valence-electron chi connectivity index (χ0n) is 14.5. The third-order valence-corrected chi connectivity index (χ3v) is 4.32. The van der Waals surface area contributed by atoms with Crippen molar-refractivity contribution in [1.29, 1.82) is 0 Å². The first kappa shape index (κ1) is 16.3. The number of aromatic nitrogens is 4. The van der Waals surface area contributed by atoms with Gasteiger partial charge in [0.1, 0.15) is 17.7 Å². The summed E-state index contributed by atoms with van der Waals surface area (Å²) in [5, 5.41) is 10.3. The average molecular weight is 348 g/mol. The van der Waals surface area contributed by atoms with E-state index < -0.39 is 0 Å². The maximum absolute atomic E-state index is 12.4. The summed E-state index contributed by atoms with van der Waals surface area (Å²) in [5.74, 6) is 2.04. The quantitative estimate of drug-likeness (QED) is 0.712. The fourth-order valence-corrected chi connectivity index (χ4v) is 2.68. The lowest BCUT2D eigenvalue weighted by atomic mass is 10.2. The molecule has 7 heteroatoms. The third-order valence-electron chi connectivity index (χ3n) is 4.32. The Bertz CT molecular complexity index is 904. The summed E-state index contributed by atoms with van der Waals surface area (Å²) in [5.41, 5.74) is 1.57. The number of hydrogen-bond acceptors (Lipinski definition) is 5. The van der Waals surface area contributed by atoms with Crippen LogP contribution in [0.4, 0.5) is 17.2 Å². The predicted octanol–water partition coefficient (Wildman–Crippen LogP) is 3.49. The van der Waals surface area contributed by atoms with Gasteiger partial charge in [0.05, 0.1) is 0 Å². The summed E-state index contributed by atoms with van der Waals surface area (Å²) in [6.45, 7) is 1.81. The van der Waals surface area contributed by atoms with Crippen LogP contribution in [0.3, 0.4) is 0 Å². The molecule has 1 aliphatic rings. The van der Waals surface area contributed by atoms with Crippen LogP contribution in [0.15, 0.2) is 55.0 Å². The maximum atomic E-state index is 12.4. The van der Waals surface area contributed by atoms with E-state index in [0.717, 1.165) is 23.0 Å². The molecule has 1 amide bonds. The minimum Gasteiger partial charge on any atom is -0.340 e. The number of rotatable bonds is 6. The Labute approximate surface area is 151 Å². The van der Waals surface area contributed by atoms with E-state index >= 15 is 0 Å². The first-order valence-corrected chi connectivity index (χ1v) is 8.69. The molecule has 1 atom stereocenters. The highest BCUT2D eigenvalue weighted by Gasteiger charge is 2.26. The second-order valence-corrected chi connectivity index (χ2v) is 6.43. The van der Waals surface area contributed by atoms with Gasteiger partial charge in [-0.15, -0.1) is 0 Å². The molecule has 0 spiro atoms. The molecule has 0 radical (unpaired) electrons. The van der Waals surface area contributed by atoms with E-state index in [0.29, 0.717) is 5.92 Å². The molecule has 1 fully saturated rings. The standard InChI is InChI=1S/C19H20N6O/c1-13(25-11-3-9-21-25)19(26)23-16-5-2-4-15(12-16)22-17-8-10-20-18(24-17)14-6-7-14/h2-5,8-14H,6-7H2,1H3,(H,23,26)(H,20,22,24)/t13-/m0/s1. The smallest absolute Gasteiger partial charge is 0.248 e. The van der Waals surface area contributed by atoms with Crippen molar-refractivity contribution in [2.75, 3.05) is 10.6 Å². The van der Waals surface area contributed by atoms with Gasteiger partial charge in [0, 0.05) is 35.9 Å². The molecule has 3 aromatic rings. The average Bonchev–Trinajstić information content (AvgIpc) is 3.36. The summed E-state index contributed by atoms with van der Waals surface area (Å²) in [6, 6.07) is 10.8. The lowest BCUT2D eigenvalue weighted by molar-refractivity contribution is -0.119. The van der Waals surface area contributed by atoms with Crippen molar-refractivity contribution in [3.8, 4) is 0 Å². The second-order valence-electron chi connectivity index (χ2n) is 6.43. The molecule has 2 aromatic heterocycles. The van der Waals surface area contributed by atoms with E-state index in [1.807, 2.05) is 37.3 Å². The van der Waals surface area contributed by atoms with Crippen LogP contribution in [0, 0.1) is 0 Å². The van der Waals surface area contributed by atoms with E-state index in [1.165, 1.54) is 12.8 Å². The summed E-state index contributed by atoms with van der Waals surface area (Å²) in [4.78, 5) is 21.3. The molecular weight excluding hydrogens is 328 g/mol. The Balaban J connectivity index is 1.44. The van der Waals surface area contributed by atoms with Crippen molar-refractivity contribution in [3.63, 3.8) is 0 Å². The summed E-state index contributed by atoms with van der Waals surface area (Å²) >= 11 is 0. The summed E-state index contributed by atoms with van der Waals surface area (Å²) < 4.78 is 1.62.